The second-order valence-electron chi connectivity index (χ2n) is 3.58. The number of carboxylic acid groups (broad SMARTS) is 1. The summed E-state index contributed by atoms with van der Waals surface area (Å²) in [6.45, 7) is 2.12. The number of nitrogens with one attached hydrogen (secondary N) is 1. The summed E-state index contributed by atoms with van der Waals surface area (Å²) in [4.78, 5) is 22.8. The van der Waals surface area contributed by atoms with Gasteiger partial charge in [-0.3, -0.25) is 4.79 Å². The molecule has 1 heterocycles. The average molecular weight is 316 g/mol. The van der Waals surface area contributed by atoms with Crippen LogP contribution in [0.5, 0.6) is 0 Å². The SMILES string of the molecule is CCOC(=O)CCS/C(Cc1cccs1)=N\NC(=O)O. The first-order valence-electron chi connectivity index (χ1n) is 5.98. The van der Waals surface area contributed by atoms with Crippen molar-refractivity contribution < 1.29 is 19.4 Å². The average Bonchev–Trinajstić information content (AvgIpc) is 2.88. The Labute approximate surface area is 125 Å². The molecule has 0 aromatic carbocycles. The highest BCUT2D eigenvalue weighted by Gasteiger charge is 2.08. The van der Waals surface area contributed by atoms with Crippen LogP contribution in [-0.4, -0.2) is 34.6 Å². The van der Waals surface area contributed by atoms with Crippen LogP contribution < -0.4 is 5.43 Å². The molecule has 2 N–H and O–H groups in total. The maximum absolute atomic E-state index is 11.2. The fraction of sp³-hybridized carbons (Fsp3) is 0.417. The molecule has 6 nitrogen and oxygen atoms in total. The number of thiophene rings is 1. The van der Waals surface area contributed by atoms with Crippen LogP contribution >= 0.6 is 23.1 Å². The van der Waals surface area contributed by atoms with E-state index < -0.39 is 6.09 Å². The van der Waals surface area contributed by atoms with E-state index in [1.54, 1.807) is 18.3 Å². The molecule has 1 aromatic heterocycles. The van der Waals surface area contributed by atoms with Crippen molar-refractivity contribution in [2.45, 2.75) is 19.8 Å². The van der Waals surface area contributed by atoms with E-state index in [1.807, 2.05) is 22.9 Å². The molecule has 0 fully saturated rings. The molecule has 0 saturated heterocycles. The molecule has 0 aliphatic rings. The first kappa shape index (κ1) is 16.5. The summed E-state index contributed by atoms with van der Waals surface area (Å²) in [6, 6.07) is 3.87. The smallest absolute Gasteiger partial charge is 0.425 e. The topological polar surface area (TPSA) is 88.0 Å². The maximum atomic E-state index is 11.2. The van der Waals surface area contributed by atoms with Crippen LogP contribution in [0, 0.1) is 0 Å². The lowest BCUT2D eigenvalue weighted by Crippen LogP contribution is -2.17. The molecule has 0 aliphatic heterocycles. The van der Waals surface area contributed by atoms with Gasteiger partial charge in [-0.05, 0) is 18.4 Å². The molecule has 1 rings (SSSR count). The summed E-state index contributed by atoms with van der Waals surface area (Å²) in [5, 5.41) is 15.0. The molecule has 1 amide bonds. The number of carbonyl (C=O) groups excluding carboxylic acids is 1. The Morgan fingerprint density at radius 1 is 1.55 bits per heavy atom. The van der Waals surface area contributed by atoms with Crippen LogP contribution in [0.15, 0.2) is 22.6 Å². The fourth-order valence-electron chi connectivity index (χ4n) is 1.28. The van der Waals surface area contributed by atoms with E-state index in [0.717, 1.165) is 4.88 Å². The summed E-state index contributed by atoms with van der Waals surface area (Å²) in [5.74, 6) is 0.242. The van der Waals surface area contributed by atoms with Gasteiger partial charge in [0.2, 0.25) is 0 Å². The molecule has 110 valence electrons. The van der Waals surface area contributed by atoms with Crippen molar-refractivity contribution in [1.82, 2.24) is 5.43 Å². The Kier molecular flexibility index (Phi) is 7.74. The van der Waals surface area contributed by atoms with Gasteiger partial charge in [-0.15, -0.1) is 23.1 Å². The molecule has 0 aliphatic carbocycles. The van der Waals surface area contributed by atoms with Crippen molar-refractivity contribution >= 4 is 40.2 Å². The van der Waals surface area contributed by atoms with E-state index in [0.29, 0.717) is 23.8 Å². The van der Waals surface area contributed by atoms with Crippen LogP contribution in [0.2, 0.25) is 0 Å². The molecule has 0 unspecified atom stereocenters. The van der Waals surface area contributed by atoms with Gasteiger partial charge < -0.3 is 9.84 Å². The number of rotatable bonds is 7. The number of hydrazone groups is 1. The van der Waals surface area contributed by atoms with E-state index in [9.17, 15) is 9.59 Å². The van der Waals surface area contributed by atoms with Gasteiger partial charge >= 0.3 is 12.1 Å². The van der Waals surface area contributed by atoms with Crippen molar-refractivity contribution in [2.24, 2.45) is 5.10 Å². The first-order valence-corrected chi connectivity index (χ1v) is 7.84. The molecule has 8 heteroatoms. The number of esters is 1. The normalized spacial score (nSPS) is 11.2. The summed E-state index contributed by atoms with van der Waals surface area (Å²) in [6.07, 6.45) is -0.389. The zero-order chi connectivity index (χ0) is 14.8. The third-order valence-corrected chi connectivity index (χ3v) is 3.92. The molecular formula is C12H16N2O4S2. The number of ether oxygens (including phenoxy) is 1. The summed E-state index contributed by atoms with van der Waals surface area (Å²) >= 11 is 2.92. The van der Waals surface area contributed by atoms with Crippen LogP contribution in [0.25, 0.3) is 0 Å². The van der Waals surface area contributed by atoms with Gasteiger partial charge in [0.15, 0.2) is 0 Å². The summed E-state index contributed by atoms with van der Waals surface area (Å²) < 4.78 is 4.83. The Bertz CT molecular complexity index is 460. The minimum atomic E-state index is -1.21. The maximum Gasteiger partial charge on any atom is 0.425 e. The first-order chi connectivity index (χ1) is 9.61. The van der Waals surface area contributed by atoms with Gasteiger partial charge in [0.25, 0.3) is 0 Å². The lowest BCUT2D eigenvalue weighted by molar-refractivity contribution is -0.142. The lowest BCUT2D eigenvalue weighted by atomic mass is 10.4. The number of amides is 1. The highest BCUT2D eigenvalue weighted by atomic mass is 32.2. The monoisotopic (exact) mass is 316 g/mol. The second-order valence-corrected chi connectivity index (χ2v) is 5.78. The zero-order valence-corrected chi connectivity index (χ0v) is 12.6. The third-order valence-electron chi connectivity index (χ3n) is 2.06. The number of hydrogen-bond acceptors (Lipinski definition) is 6. The Morgan fingerprint density at radius 2 is 2.35 bits per heavy atom. The van der Waals surface area contributed by atoms with E-state index in [2.05, 4.69) is 5.10 Å². The Balaban J connectivity index is 2.48. The van der Waals surface area contributed by atoms with Crippen molar-refractivity contribution in [3.63, 3.8) is 0 Å². The molecule has 0 spiro atoms. The minimum Gasteiger partial charge on any atom is -0.466 e. The van der Waals surface area contributed by atoms with E-state index in [1.165, 1.54) is 11.8 Å². The second kappa shape index (κ2) is 9.38. The number of hydrogen-bond donors (Lipinski definition) is 2. The van der Waals surface area contributed by atoms with Gasteiger partial charge in [-0.2, -0.15) is 5.10 Å². The van der Waals surface area contributed by atoms with Gasteiger partial charge in [-0.1, -0.05) is 6.07 Å². The van der Waals surface area contributed by atoms with Crippen LogP contribution in [0.1, 0.15) is 18.2 Å². The predicted molar refractivity (Wildman–Crippen MR) is 80.3 cm³/mol. The number of carbonyl (C=O) groups is 2. The minimum absolute atomic E-state index is 0.262. The van der Waals surface area contributed by atoms with E-state index in [-0.39, 0.29) is 12.4 Å². The lowest BCUT2D eigenvalue weighted by Gasteiger charge is -2.05. The fourth-order valence-corrected chi connectivity index (χ4v) is 2.95. The van der Waals surface area contributed by atoms with Crippen molar-refractivity contribution in [3.8, 4) is 0 Å². The molecule has 20 heavy (non-hydrogen) atoms. The molecular weight excluding hydrogens is 300 g/mol. The van der Waals surface area contributed by atoms with Crippen LogP contribution in [-0.2, 0) is 16.0 Å². The quantitative estimate of drug-likeness (QED) is 0.349. The Hall–Kier alpha value is -1.54. The zero-order valence-electron chi connectivity index (χ0n) is 11.0. The summed E-state index contributed by atoms with van der Waals surface area (Å²) in [5.41, 5.74) is 1.99. The van der Waals surface area contributed by atoms with Crippen LogP contribution in [0.3, 0.4) is 0 Å². The highest BCUT2D eigenvalue weighted by molar-refractivity contribution is 8.13. The predicted octanol–water partition coefficient (Wildman–Crippen LogP) is 2.56. The highest BCUT2D eigenvalue weighted by Crippen LogP contribution is 2.16. The van der Waals surface area contributed by atoms with Crippen molar-refractivity contribution in [1.29, 1.82) is 0 Å². The Morgan fingerprint density at radius 3 is 2.95 bits per heavy atom. The van der Waals surface area contributed by atoms with Crippen molar-refractivity contribution in [2.75, 3.05) is 12.4 Å². The van der Waals surface area contributed by atoms with Crippen molar-refractivity contribution in [3.05, 3.63) is 22.4 Å². The van der Waals surface area contributed by atoms with Gasteiger partial charge in [0, 0.05) is 17.1 Å². The molecule has 0 radical (unpaired) electrons. The van der Waals surface area contributed by atoms with E-state index >= 15 is 0 Å². The van der Waals surface area contributed by atoms with E-state index in [4.69, 9.17) is 9.84 Å². The summed E-state index contributed by atoms with van der Waals surface area (Å²) in [7, 11) is 0. The molecule has 0 bridgehead atoms. The third kappa shape index (κ3) is 7.15. The van der Waals surface area contributed by atoms with Crippen LogP contribution in [0.4, 0.5) is 4.79 Å². The van der Waals surface area contributed by atoms with Gasteiger partial charge in [-0.25, -0.2) is 10.2 Å². The molecule has 1 aromatic rings. The largest absolute Gasteiger partial charge is 0.466 e. The van der Waals surface area contributed by atoms with Gasteiger partial charge in [0.1, 0.15) is 0 Å². The molecule has 0 saturated carbocycles. The molecule has 0 atom stereocenters. The standard InChI is InChI=1S/C12H16N2O4S2/c1-2-18-11(15)5-7-20-10(13-14-12(16)17)8-9-4-3-6-19-9/h3-4,6,14H,2,5,7-8H2,1H3,(H,16,17)/b13-10-. The number of nitrogens with zero attached hydrogens (tertiary/aromatic N) is 1. The number of thioether (sulfide) groups is 1. The van der Waals surface area contributed by atoms with Gasteiger partial charge in [0.05, 0.1) is 18.1 Å².